The third kappa shape index (κ3) is 3.12. The van der Waals surface area contributed by atoms with Crippen molar-refractivity contribution in [2.24, 2.45) is 0 Å². The van der Waals surface area contributed by atoms with E-state index in [1.807, 2.05) is 25.1 Å². The molecule has 0 atom stereocenters. The van der Waals surface area contributed by atoms with Gasteiger partial charge >= 0.3 is 0 Å². The maximum Gasteiger partial charge on any atom is 0.141 e. The third-order valence-electron chi connectivity index (χ3n) is 2.48. The van der Waals surface area contributed by atoms with Gasteiger partial charge in [0.2, 0.25) is 0 Å². The fourth-order valence-electron chi connectivity index (χ4n) is 1.58. The smallest absolute Gasteiger partial charge is 0.141 e. The minimum absolute atomic E-state index is 0.333. The maximum atomic E-state index is 13.4. The number of ether oxygens (including phenoxy) is 1. The first-order valence-electron chi connectivity index (χ1n) is 5.38. The third-order valence-corrected chi connectivity index (χ3v) is 3.73. The predicted molar refractivity (Wildman–Crippen MR) is 78.0 cm³/mol. The molecule has 0 saturated heterocycles. The Morgan fingerprint density at radius 1 is 1.17 bits per heavy atom. The van der Waals surface area contributed by atoms with Gasteiger partial charge in [0.1, 0.15) is 17.3 Å². The summed E-state index contributed by atoms with van der Waals surface area (Å²) in [6, 6.07) is 10.6. The standard InChI is InChI=1S/C14H11Br2FO/c1-9-2-5-14(10(6-9)8-15)18-11-3-4-12(16)13(17)7-11/h2-7H,8H2,1H3. The molecule has 0 spiro atoms. The van der Waals surface area contributed by atoms with Crippen LogP contribution in [0.2, 0.25) is 0 Å². The molecule has 0 amide bonds. The monoisotopic (exact) mass is 372 g/mol. The molecular weight excluding hydrogens is 363 g/mol. The summed E-state index contributed by atoms with van der Waals surface area (Å²) >= 11 is 6.53. The summed E-state index contributed by atoms with van der Waals surface area (Å²) in [4.78, 5) is 0. The highest BCUT2D eigenvalue weighted by Gasteiger charge is 2.06. The first kappa shape index (κ1) is 13.6. The van der Waals surface area contributed by atoms with E-state index in [0.717, 1.165) is 11.3 Å². The van der Waals surface area contributed by atoms with Crippen molar-refractivity contribution in [1.82, 2.24) is 0 Å². The summed E-state index contributed by atoms with van der Waals surface area (Å²) in [6.07, 6.45) is 0. The van der Waals surface area contributed by atoms with E-state index in [4.69, 9.17) is 4.74 Å². The molecule has 18 heavy (non-hydrogen) atoms. The van der Waals surface area contributed by atoms with Crippen LogP contribution in [0.4, 0.5) is 4.39 Å². The van der Waals surface area contributed by atoms with Crippen LogP contribution in [-0.2, 0) is 5.33 Å². The summed E-state index contributed by atoms with van der Waals surface area (Å²) in [7, 11) is 0. The van der Waals surface area contributed by atoms with Crippen LogP contribution in [0.1, 0.15) is 11.1 Å². The average molecular weight is 374 g/mol. The Morgan fingerprint density at radius 3 is 2.61 bits per heavy atom. The Labute approximate surface area is 122 Å². The topological polar surface area (TPSA) is 9.23 Å². The van der Waals surface area contributed by atoms with Crippen LogP contribution >= 0.6 is 31.9 Å². The highest BCUT2D eigenvalue weighted by molar-refractivity contribution is 9.10. The molecule has 0 radical (unpaired) electrons. The summed E-state index contributed by atoms with van der Waals surface area (Å²) in [5.74, 6) is 0.890. The molecule has 0 N–H and O–H groups in total. The summed E-state index contributed by atoms with van der Waals surface area (Å²) in [6.45, 7) is 2.02. The second-order valence-corrected chi connectivity index (χ2v) is 5.34. The van der Waals surface area contributed by atoms with Crippen LogP contribution < -0.4 is 4.74 Å². The largest absolute Gasteiger partial charge is 0.457 e. The van der Waals surface area contributed by atoms with E-state index >= 15 is 0 Å². The lowest BCUT2D eigenvalue weighted by Gasteiger charge is -2.10. The molecular formula is C14H11Br2FO. The highest BCUT2D eigenvalue weighted by Crippen LogP contribution is 2.29. The highest BCUT2D eigenvalue weighted by atomic mass is 79.9. The molecule has 2 aromatic rings. The van der Waals surface area contributed by atoms with E-state index in [2.05, 4.69) is 31.9 Å². The second kappa shape index (κ2) is 5.85. The molecule has 0 heterocycles. The summed E-state index contributed by atoms with van der Waals surface area (Å²) in [5, 5.41) is 0.697. The van der Waals surface area contributed by atoms with Crippen LogP contribution in [-0.4, -0.2) is 0 Å². The van der Waals surface area contributed by atoms with E-state index < -0.39 is 0 Å². The number of halogens is 3. The molecule has 94 valence electrons. The van der Waals surface area contributed by atoms with Crippen molar-refractivity contribution in [3.63, 3.8) is 0 Å². The molecule has 0 unspecified atom stereocenters. The van der Waals surface area contributed by atoms with Gasteiger partial charge in [-0.25, -0.2) is 4.39 Å². The minimum Gasteiger partial charge on any atom is -0.457 e. The van der Waals surface area contributed by atoms with E-state index in [1.165, 1.54) is 11.6 Å². The molecule has 0 saturated carbocycles. The Bertz CT molecular complexity index is 570. The lowest BCUT2D eigenvalue weighted by Crippen LogP contribution is -1.91. The molecule has 0 aliphatic heterocycles. The van der Waals surface area contributed by atoms with Gasteiger partial charge in [-0.05, 0) is 41.1 Å². The lowest BCUT2D eigenvalue weighted by atomic mass is 10.1. The fourth-order valence-corrected chi connectivity index (χ4v) is 2.26. The van der Waals surface area contributed by atoms with Gasteiger partial charge in [-0.2, -0.15) is 0 Å². The first-order valence-corrected chi connectivity index (χ1v) is 7.30. The molecule has 4 heteroatoms. The van der Waals surface area contributed by atoms with Gasteiger partial charge < -0.3 is 4.74 Å². The van der Waals surface area contributed by atoms with Crippen molar-refractivity contribution in [2.75, 3.05) is 0 Å². The Kier molecular flexibility index (Phi) is 4.40. The zero-order valence-corrected chi connectivity index (χ0v) is 12.9. The van der Waals surface area contributed by atoms with Gasteiger partial charge in [-0.1, -0.05) is 33.6 Å². The number of aryl methyl sites for hydroxylation is 1. The van der Waals surface area contributed by atoms with Gasteiger partial charge in [0.05, 0.1) is 4.47 Å². The maximum absolute atomic E-state index is 13.4. The number of rotatable bonds is 3. The first-order chi connectivity index (χ1) is 8.60. The zero-order chi connectivity index (χ0) is 13.1. The SMILES string of the molecule is Cc1ccc(Oc2ccc(Br)c(F)c2)c(CBr)c1. The van der Waals surface area contributed by atoms with Crippen LogP contribution in [0.3, 0.4) is 0 Å². The average Bonchev–Trinajstić information content (AvgIpc) is 2.36. The van der Waals surface area contributed by atoms with Crippen LogP contribution in [0.15, 0.2) is 40.9 Å². The minimum atomic E-state index is -0.333. The van der Waals surface area contributed by atoms with Gasteiger partial charge in [-0.3, -0.25) is 0 Å². The molecule has 1 nitrogen and oxygen atoms in total. The molecule has 0 aromatic heterocycles. The predicted octanol–water partition coefficient (Wildman–Crippen LogP) is 5.58. The van der Waals surface area contributed by atoms with Crippen molar-refractivity contribution >= 4 is 31.9 Å². The van der Waals surface area contributed by atoms with Gasteiger partial charge in [-0.15, -0.1) is 0 Å². The van der Waals surface area contributed by atoms with Gasteiger partial charge in [0, 0.05) is 17.0 Å². The molecule has 0 aliphatic rings. The second-order valence-electron chi connectivity index (χ2n) is 3.92. The molecule has 0 fully saturated rings. The summed E-state index contributed by atoms with van der Waals surface area (Å²) < 4.78 is 19.5. The summed E-state index contributed by atoms with van der Waals surface area (Å²) in [5.41, 5.74) is 2.21. The molecule has 2 aromatic carbocycles. The van der Waals surface area contributed by atoms with Crippen molar-refractivity contribution in [1.29, 1.82) is 0 Å². The van der Waals surface area contributed by atoms with Crippen molar-refractivity contribution in [2.45, 2.75) is 12.3 Å². The molecule has 0 bridgehead atoms. The zero-order valence-electron chi connectivity index (χ0n) is 9.71. The molecule has 0 aliphatic carbocycles. The van der Waals surface area contributed by atoms with Crippen molar-refractivity contribution in [3.05, 3.63) is 57.8 Å². The van der Waals surface area contributed by atoms with Crippen molar-refractivity contribution in [3.8, 4) is 11.5 Å². The Balaban J connectivity index is 2.30. The Hall–Kier alpha value is -0.870. The van der Waals surface area contributed by atoms with E-state index in [0.29, 0.717) is 15.6 Å². The van der Waals surface area contributed by atoms with Crippen LogP contribution in [0, 0.1) is 12.7 Å². The Morgan fingerprint density at radius 2 is 1.94 bits per heavy atom. The van der Waals surface area contributed by atoms with Gasteiger partial charge in [0.25, 0.3) is 0 Å². The lowest BCUT2D eigenvalue weighted by molar-refractivity contribution is 0.472. The van der Waals surface area contributed by atoms with E-state index in [-0.39, 0.29) is 5.82 Å². The molecule has 2 rings (SSSR count). The van der Waals surface area contributed by atoms with Crippen molar-refractivity contribution < 1.29 is 9.13 Å². The van der Waals surface area contributed by atoms with Crippen LogP contribution in [0.5, 0.6) is 11.5 Å². The van der Waals surface area contributed by atoms with E-state index in [9.17, 15) is 4.39 Å². The quantitative estimate of drug-likeness (QED) is 0.637. The number of alkyl halides is 1. The number of hydrogen-bond donors (Lipinski definition) is 0. The fraction of sp³-hybridized carbons (Fsp3) is 0.143. The number of benzene rings is 2. The van der Waals surface area contributed by atoms with Gasteiger partial charge in [0.15, 0.2) is 0 Å². The number of hydrogen-bond acceptors (Lipinski definition) is 1. The van der Waals surface area contributed by atoms with Crippen LogP contribution in [0.25, 0.3) is 0 Å². The normalized spacial score (nSPS) is 10.4. The van der Waals surface area contributed by atoms with E-state index in [1.54, 1.807) is 12.1 Å².